The Morgan fingerprint density at radius 3 is 1.97 bits per heavy atom. The van der Waals surface area contributed by atoms with Crippen LogP contribution in [0.1, 0.15) is 49.0 Å². The Balaban J connectivity index is 1.48. The predicted octanol–water partition coefficient (Wildman–Crippen LogP) is 6.63. The average Bonchev–Trinajstić information content (AvgIpc) is 3.65. The van der Waals surface area contributed by atoms with Gasteiger partial charge in [0.2, 0.25) is 11.8 Å². The van der Waals surface area contributed by atoms with Crippen LogP contribution in [0.15, 0.2) is 83.8 Å². The highest BCUT2D eigenvalue weighted by Crippen LogP contribution is 2.37. The fourth-order valence-corrected chi connectivity index (χ4v) is 4.43. The Hall–Kier alpha value is -3.05. The van der Waals surface area contributed by atoms with Gasteiger partial charge in [-0.25, -0.2) is 0 Å². The van der Waals surface area contributed by atoms with Crippen LogP contribution in [0.3, 0.4) is 0 Å². The highest BCUT2D eigenvalue weighted by atomic mass is 32.2. The molecule has 0 radical (unpaired) electrons. The van der Waals surface area contributed by atoms with Gasteiger partial charge < -0.3 is 10.6 Å². The maximum Gasteiger partial charge on any atom is 0.242 e. The van der Waals surface area contributed by atoms with Gasteiger partial charge in [-0.2, -0.15) is 0 Å². The molecular formula is C27H28N2O2S. The van der Waals surface area contributed by atoms with Gasteiger partial charge in [0, 0.05) is 22.2 Å². The third-order valence-corrected chi connectivity index (χ3v) is 6.78. The quantitative estimate of drug-likeness (QED) is 0.383. The maximum absolute atomic E-state index is 13.2. The van der Waals surface area contributed by atoms with Gasteiger partial charge in [-0.1, -0.05) is 56.3 Å². The second-order valence-electron chi connectivity index (χ2n) is 8.46. The van der Waals surface area contributed by atoms with Crippen molar-refractivity contribution in [3.05, 3.63) is 90.0 Å². The Kier molecular flexibility index (Phi) is 6.96. The number of benzene rings is 3. The van der Waals surface area contributed by atoms with Crippen LogP contribution in [-0.2, 0) is 9.59 Å². The van der Waals surface area contributed by atoms with Gasteiger partial charge >= 0.3 is 0 Å². The number of hydrogen-bond acceptors (Lipinski definition) is 3. The van der Waals surface area contributed by atoms with Crippen LogP contribution in [-0.4, -0.2) is 11.8 Å². The van der Waals surface area contributed by atoms with Crippen LogP contribution in [0, 0.1) is 5.92 Å². The summed E-state index contributed by atoms with van der Waals surface area (Å²) in [5.74, 6) is 0.647. The fourth-order valence-electron chi connectivity index (χ4n) is 3.40. The van der Waals surface area contributed by atoms with Gasteiger partial charge in [0.25, 0.3) is 0 Å². The molecule has 3 aromatic carbocycles. The van der Waals surface area contributed by atoms with Crippen molar-refractivity contribution in [2.75, 3.05) is 10.6 Å². The topological polar surface area (TPSA) is 58.2 Å². The molecule has 2 amide bonds. The summed E-state index contributed by atoms with van der Waals surface area (Å²) in [7, 11) is 0. The highest BCUT2D eigenvalue weighted by molar-refractivity contribution is 8.00. The molecule has 0 aliphatic heterocycles. The molecule has 0 heterocycles. The first kappa shape index (κ1) is 22.2. The van der Waals surface area contributed by atoms with Crippen LogP contribution >= 0.6 is 11.8 Å². The Morgan fingerprint density at radius 2 is 1.38 bits per heavy atom. The molecule has 4 nitrogen and oxygen atoms in total. The summed E-state index contributed by atoms with van der Waals surface area (Å²) in [6.45, 7) is 4.30. The van der Waals surface area contributed by atoms with Crippen molar-refractivity contribution in [1.82, 2.24) is 0 Å². The zero-order valence-corrected chi connectivity index (χ0v) is 19.2. The van der Waals surface area contributed by atoms with Crippen LogP contribution in [0.4, 0.5) is 11.4 Å². The molecule has 0 aromatic heterocycles. The van der Waals surface area contributed by atoms with Gasteiger partial charge in [0.15, 0.2) is 0 Å². The molecule has 4 rings (SSSR count). The zero-order valence-electron chi connectivity index (χ0n) is 18.4. The third kappa shape index (κ3) is 5.80. The SMILES string of the molecule is CC(C)c1ccc(NC(=O)C(Sc2ccc(NC(=O)C3CC3)cc2)c2ccccc2)cc1. The molecule has 1 saturated carbocycles. The molecule has 1 fully saturated rings. The minimum absolute atomic E-state index is 0.0652. The Labute approximate surface area is 193 Å². The van der Waals surface area contributed by atoms with Crippen LogP contribution in [0.2, 0.25) is 0 Å². The molecule has 0 spiro atoms. The lowest BCUT2D eigenvalue weighted by Crippen LogP contribution is -2.19. The molecule has 1 aliphatic rings. The zero-order chi connectivity index (χ0) is 22.5. The molecule has 1 atom stereocenters. The standard InChI is InChI=1S/C27H28N2O2S/c1-18(2)19-10-12-22(13-11-19)29-27(31)25(20-6-4-3-5-7-20)32-24-16-14-23(15-17-24)28-26(30)21-8-9-21/h3-7,10-18,21,25H,8-9H2,1-2H3,(H,28,30)(H,29,31). The summed E-state index contributed by atoms with van der Waals surface area (Å²) in [4.78, 5) is 26.2. The van der Waals surface area contributed by atoms with E-state index in [-0.39, 0.29) is 17.7 Å². The van der Waals surface area contributed by atoms with E-state index in [0.29, 0.717) is 5.92 Å². The van der Waals surface area contributed by atoms with E-state index in [1.807, 2.05) is 66.7 Å². The lowest BCUT2D eigenvalue weighted by atomic mass is 10.0. The molecule has 1 unspecified atom stereocenters. The van der Waals surface area contributed by atoms with Gasteiger partial charge in [-0.15, -0.1) is 11.8 Å². The third-order valence-electron chi connectivity index (χ3n) is 5.51. The molecule has 0 saturated heterocycles. The number of hydrogen-bond donors (Lipinski definition) is 2. The Bertz CT molecular complexity index is 1060. The first-order valence-corrected chi connectivity index (χ1v) is 11.9. The average molecular weight is 445 g/mol. The first-order valence-electron chi connectivity index (χ1n) is 11.0. The molecule has 1 aliphatic carbocycles. The smallest absolute Gasteiger partial charge is 0.242 e. The number of rotatable bonds is 8. The number of nitrogens with one attached hydrogen (secondary N) is 2. The summed E-state index contributed by atoms with van der Waals surface area (Å²) in [5.41, 5.74) is 3.77. The summed E-state index contributed by atoms with van der Waals surface area (Å²) in [6.07, 6.45) is 1.96. The van der Waals surface area contributed by atoms with Gasteiger partial charge in [-0.05, 0) is 66.3 Å². The second-order valence-corrected chi connectivity index (χ2v) is 9.64. The van der Waals surface area contributed by atoms with E-state index in [1.54, 1.807) is 0 Å². The number of carbonyl (C=O) groups is 2. The molecule has 2 N–H and O–H groups in total. The van der Waals surface area contributed by atoms with E-state index in [0.717, 1.165) is 34.7 Å². The van der Waals surface area contributed by atoms with Crippen molar-refractivity contribution in [2.45, 2.75) is 42.8 Å². The van der Waals surface area contributed by atoms with E-state index < -0.39 is 5.25 Å². The molecule has 32 heavy (non-hydrogen) atoms. The van der Waals surface area contributed by atoms with Crippen molar-refractivity contribution in [3.8, 4) is 0 Å². The van der Waals surface area contributed by atoms with Crippen LogP contribution < -0.4 is 10.6 Å². The summed E-state index contributed by atoms with van der Waals surface area (Å²) < 4.78 is 0. The Morgan fingerprint density at radius 1 is 0.781 bits per heavy atom. The van der Waals surface area contributed by atoms with Crippen molar-refractivity contribution in [3.63, 3.8) is 0 Å². The van der Waals surface area contributed by atoms with Gasteiger partial charge in [-0.3, -0.25) is 9.59 Å². The van der Waals surface area contributed by atoms with E-state index in [1.165, 1.54) is 17.3 Å². The fraction of sp³-hybridized carbons (Fsp3) is 0.259. The largest absolute Gasteiger partial charge is 0.326 e. The lowest BCUT2D eigenvalue weighted by Gasteiger charge is -2.18. The van der Waals surface area contributed by atoms with Crippen molar-refractivity contribution in [2.24, 2.45) is 5.92 Å². The molecule has 5 heteroatoms. The molecular weight excluding hydrogens is 416 g/mol. The number of carbonyl (C=O) groups excluding carboxylic acids is 2. The maximum atomic E-state index is 13.2. The van der Waals surface area contributed by atoms with E-state index in [2.05, 4.69) is 36.6 Å². The molecule has 3 aromatic rings. The summed E-state index contributed by atoms with van der Waals surface area (Å²) in [5, 5.41) is 5.63. The number of amides is 2. The molecule has 0 bridgehead atoms. The molecule has 164 valence electrons. The highest BCUT2D eigenvalue weighted by Gasteiger charge is 2.29. The minimum Gasteiger partial charge on any atom is -0.326 e. The number of thioether (sulfide) groups is 1. The van der Waals surface area contributed by atoms with Crippen LogP contribution in [0.25, 0.3) is 0 Å². The van der Waals surface area contributed by atoms with E-state index in [4.69, 9.17) is 0 Å². The minimum atomic E-state index is -0.395. The monoisotopic (exact) mass is 444 g/mol. The van der Waals surface area contributed by atoms with Gasteiger partial charge in [0.1, 0.15) is 5.25 Å². The predicted molar refractivity (Wildman–Crippen MR) is 132 cm³/mol. The number of anilines is 2. The van der Waals surface area contributed by atoms with Crippen molar-refractivity contribution < 1.29 is 9.59 Å². The second kappa shape index (κ2) is 10.0. The van der Waals surface area contributed by atoms with Crippen molar-refractivity contribution >= 4 is 35.0 Å². The summed E-state index contributed by atoms with van der Waals surface area (Å²) in [6, 6.07) is 25.5. The van der Waals surface area contributed by atoms with E-state index in [9.17, 15) is 9.59 Å². The van der Waals surface area contributed by atoms with Crippen molar-refractivity contribution in [1.29, 1.82) is 0 Å². The van der Waals surface area contributed by atoms with E-state index >= 15 is 0 Å². The van der Waals surface area contributed by atoms with Gasteiger partial charge in [0.05, 0.1) is 0 Å². The van der Waals surface area contributed by atoms with Crippen LogP contribution in [0.5, 0.6) is 0 Å². The first-order chi connectivity index (χ1) is 15.5. The summed E-state index contributed by atoms with van der Waals surface area (Å²) >= 11 is 1.50. The lowest BCUT2D eigenvalue weighted by molar-refractivity contribution is -0.117. The normalized spacial score (nSPS) is 14.1.